The summed E-state index contributed by atoms with van der Waals surface area (Å²) in [4.78, 5) is 12.1. The van der Waals surface area contributed by atoms with Gasteiger partial charge < -0.3 is 19.3 Å². The van der Waals surface area contributed by atoms with Crippen LogP contribution in [0.4, 0.5) is 0 Å². The Labute approximate surface area is 144 Å². The Balaban J connectivity index is 2.45. The van der Waals surface area contributed by atoms with Crippen molar-refractivity contribution in [1.82, 2.24) is 0 Å². The third-order valence-electron chi connectivity index (χ3n) is 3.69. The molecule has 5 nitrogen and oxygen atoms in total. The lowest BCUT2D eigenvalue weighted by atomic mass is 10.2. The summed E-state index contributed by atoms with van der Waals surface area (Å²) in [6, 6.07) is 5.11. The lowest BCUT2D eigenvalue weighted by Crippen LogP contribution is -2.07. The highest BCUT2D eigenvalue weighted by molar-refractivity contribution is 5.90. The molecule has 1 N–H and O–H groups in total. The van der Waals surface area contributed by atoms with E-state index < -0.39 is 0 Å². The van der Waals surface area contributed by atoms with Crippen LogP contribution in [0.2, 0.25) is 0 Å². The average molecular weight is 338 g/mol. The maximum Gasteiger partial charge on any atom is 0.338 e. The topological polar surface area (TPSA) is 65.0 Å². The molecule has 0 atom stereocenters. The maximum absolute atomic E-state index is 12.1. The normalized spacial score (nSPS) is 10.5. The smallest absolute Gasteiger partial charge is 0.338 e. The molecule has 0 fully saturated rings. The highest BCUT2D eigenvalue weighted by Crippen LogP contribution is 2.28. The van der Waals surface area contributed by atoms with Gasteiger partial charge in [0.25, 0.3) is 0 Å². The molecule has 0 unspecified atom stereocenters. The van der Waals surface area contributed by atoms with Gasteiger partial charge in [-0.25, -0.2) is 4.79 Å². The van der Waals surface area contributed by atoms with E-state index in [9.17, 15) is 4.79 Å². The van der Waals surface area contributed by atoms with Crippen LogP contribution in [0.5, 0.6) is 11.5 Å². The van der Waals surface area contributed by atoms with Crippen molar-refractivity contribution in [3.05, 3.63) is 23.8 Å². The molecule has 0 aliphatic heterocycles. The molecule has 5 heteroatoms. The second-order valence-electron chi connectivity index (χ2n) is 5.69. The van der Waals surface area contributed by atoms with E-state index in [2.05, 4.69) is 6.92 Å². The van der Waals surface area contributed by atoms with Gasteiger partial charge in [-0.3, -0.25) is 0 Å². The van der Waals surface area contributed by atoms with Crippen molar-refractivity contribution < 1.29 is 24.1 Å². The Morgan fingerprint density at radius 3 is 2.46 bits per heavy atom. The molecule has 0 radical (unpaired) electrons. The molecule has 0 aromatic heterocycles. The van der Waals surface area contributed by atoms with Crippen LogP contribution >= 0.6 is 0 Å². The molecule has 1 rings (SSSR count). The number of methoxy groups -OCH3 is 1. The summed E-state index contributed by atoms with van der Waals surface area (Å²) >= 11 is 0. The first kappa shape index (κ1) is 20.3. The van der Waals surface area contributed by atoms with Crippen LogP contribution in [0.25, 0.3) is 0 Å². The highest BCUT2D eigenvalue weighted by atomic mass is 16.5. The molecule has 136 valence electrons. The lowest BCUT2D eigenvalue weighted by Gasteiger charge is -2.12. The summed E-state index contributed by atoms with van der Waals surface area (Å²) in [6.45, 7) is 3.39. The minimum atomic E-state index is -0.354. The zero-order valence-electron chi connectivity index (χ0n) is 14.9. The summed E-state index contributed by atoms with van der Waals surface area (Å²) in [5, 5.41) is 8.70. The number of unbranched alkanes of at least 4 members (excludes halogenated alkanes) is 5. The number of hydrogen-bond donors (Lipinski definition) is 1. The molecule has 24 heavy (non-hydrogen) atoms. The zero-order valence-corrected chi connectivity index (χ0v) is 14.9. The molecular formula is C19H30O5. The number of aliphatic hydroxyl groups is 1. The number of esters is 1. The number of carbonyl (C=O) groups excluding carboxylic acids is 1. The van der Waals surface area contributed by atoms with Crippen molar-refractivity contribution in [2.24, 2.45) is 0 Å². The van der Waals surface area contributed by atoms with Gasteiger partial charge in [0.15, 0.2) is 11.5 Å². The zero-order chi connectivity index (χ0) is 17.6. The third kappa shape index (κ3) is 7.68. The van der Waals surface area contributed by atoms with Crippen LogP contribution in [-0.2, 0) is 4.74 Å². The molecule has 0 spiro atoms. The van der Waals surface area contributed by atoms with Crippen LogP contribution < -0.4 is 9.47 Å². The Morgan fingerprint density at radius 1 is 1.00 bits per heavy atom. The van der Waals surface area contributed by atoms with E-state index in [1.807, 2.05) is 0 Å². The number of ether oxygens (including phenoxy) is 3. The largest absolute Gasteiger partial charge is 0.493 e. The van der Waals surface area contributed by atoms with Gasteiger partial charge in [-0.1, -0.05) is 26.2 Å². The molecule has 1 aromatic rings. The van der Waals surface area contributed by atoms with Crippen molar-refractivity contribution in [2.75, 3.05) is 26.9 Å². The maximum atomic E-state index is 12.1. The second kappa shape index (κ2) is 12.6. The van der Waals surface area contributed by atoms with E-state index in [4.69, 9.17) is 19.3 Å². The molecule has 0 amide bonds. The van der Waals surface area contributed by atoms with Crippen molar-refractivity contribution in [2.45, 2.75) is 51.9 Å². The van der Waals surface area contributed by atoms with E-state index in [0.717, 1.165) is 44.9 Å². The van der Waals surface area contributed by atoms with Crippen LogP contribution in [0.3, 0.4) is 0 Å². The first-order valence-corrected chi connectivity index (χ1v) is 8.81. The molecule has 0 heterocycles. The van der Waals surface area contributed by atoms with Gasteiger partial charge in [-0.05, 0) is 43.9 Å². The predicted octanol–water partition coefficient (Wildman–Crippen LogP) is 3.97. The number of benzene rings is 1. The monoisotopic (exact) mass is 338 g/mol. The van der Waals surface area contributed by atoms with E-state index in [1.54, 1.807) is 25.3 Å². The summed E-state index contributed by atoms with van der Waals surface area (Å²) < 4.78 is 16.3. The number of aliphatic hydroxyl groups excluding tert-OH is 1. The standard InChI is InChI=1S/C19H30O5/c1-3-4-8-13-23-17-11-10-16(15-18(17)22-2)19(21)24-14-9-6-5-7-12-20/h10-11,15,20H,3-9,12-14H2,1-2H3. The van der Waals surface area contributed by atoms with Gasteiger partial charge in [-0.2, -0.15) is 0 Å². The van der Waals surface area contributed by atoms with E-state index in [0.29, 0.717) is 30.3 Å². The van der Waals surface area contributed by atoms with Gasteiger partial charge in [0.05, 0.1) is 25.9 Å². The minimum Gasteiger partial charge on any atom is -0.493 e. The van der Waals surface area contributed by atoms with Crippen LogP contribution in [0, 0.1) is 0 Å². The van der Waals surface area contributed by atoms with Gasteiger partial charge >= 0.3 is 5.97 Å². The first-order valence-electron chi connectivity index (χ1n) is 8.81. The summed E-state index contributed by atoms with van der Waals surface area (Å²) in [6.07, 6.45) is 6.77. The quantitative estimate of drug-likeness (QED) is 0.435. The Bertz CT molecular complexity index is 473. The SMILES string of the molecule is CCCCCOc1ccc(C(=O)OCCCCCCO)cc1OC. The third-order valence-corrected chi connectivity index (χ3v) is 3.69. The second-order valence-corrected chi connectivity index (χ2v) is 5.69. The molecule has 0 aliphatic rings. The summed E-state index contributed by atoms with van der Waals surface area (Å²) in [5.41, 5.74) is 0.461. The Morgan fingerprint density at radius 2 is 1.75 bits per heavy atom. The summed E-state index contributed by atoms with van der Waals surface area (Å²) in [5.74, 6) is 0.839. The predicted molar refractivity (Wildman–Crippen MR) is 93.9 cm³/mol. The highest BCUT2D eigenvalue weighted by Gasteiger charge is 2.12. The Hall–Kier alpha value is -1.75. The Kier molecular flexibility index (Phi) is 10.7. The van der Waals surface area contributed by atoms with Gasteiger partial charge in [-0.15, -0.1) is 0 Å². The van der Waals surface area contributed by atoms with E-state index in [-0.39, 0.29) is 12.6 Å². The van der Waals surface area contributed by atoms with Gasteiger partial charge in [0, 0.05) is 6.61 Å². The lowest BCUT2D eigenvalue weighted by molar-refractivity contribution is 0.0496. The van der Waals surface area contributed by atoms with Crippen molar-refractivity contribution in [1.29, 1.82) is 0 Å². The van der Waals surface area contributed by atoms with Crippen LogP contribution in [0.1, 0.15) is 62.2 Å². The molecule has 0 aliphatic carbocycles. The fourth-order valence-corrected chi connectivity index (χ4v) is 2.26. The molecule has 0 saturated carbocycles. The van der Waals surface area contributed by atoms with Crippen LogP contribution in [0.15, 0.2) is 18.2 Å². The summed E-state index contributed by atoms with van der Waals surface area (Å²) in [7, 11) is 1.56. The van der Waals surface area contributed by atoms with Crippen molar-refractivity contribution in [3.63, 3.8) is 0 Å². The number of carbonyl (C=O) groups is 1. The van der Waals surface area contributed by atoms with Gasteiger partial charge in [0.1, 0.15) is 0 Å². The first-order chi connectivity index (χ1) is 11.7. The minimum absolute atomic E-state index is 0.215. The van der Waals surface area contributed by atoms with Crippen LogP contribution in [-0.4, -0.2) is 38.0 Å². The molecular weight excluding hydrogens is 308 g/mol. The fourth-order valence-electron chi connectivity index (χ4n) is 2.26. The average Bonchev–Trinajstić information content (AvgIpc) is 2.61. The number of rotatable bonds is 13. The van der Waals surface area contributed by atoms with E-state index >= 15 is 0 Å². The van der Waals surface area contributed by atoms with E-state index in [1.165, 1.54) is 0 Å². The van der Waals surface area contributed by atoms with Crippen molar-refractivity contribution >= 4 is 5.97 Å². The van der Waals surface area contributed by atoms with Gasteiger partial charge in [0.2, 0.25) is 0 Å². The fraction of sp³-hybridized carbons (Fsp3) is 0.632. The molecule has 0 bridgehead atoms. The number of hydrogen-bond acceptors (Lipinski definition) is 5. The molecule has 0 saturated heterocycles. The molecule has 1 aromatic carbocycles. The van der Waals surface area contributed by atoms with Crippen molar-refractivity contribution in [3.8, 4) is 11.5 Å².